The predicted octanol–water partition coefficient (Wildman–Crippen LogP) is 2.04. The number of hydrogen-bond acceptors (Lipinski definition) is 4. The SMILES string of the molecule is CCc1cc(CNC)cc(N2CCC(N3CCCC3)C2)n1. The van der Waals surface area contributed by atoms with Gasteiger partial charge in [0.2, 0.25) is 0 Å². The molecule has 1 N–H and O–H groups in total. The molecule has 0 amide bonds. The van der Waals surface area contributed by atoms with Crippen molar-refractivity contribution < 1.29 is 0 Å². The first-order valence-electron chi connectivity index (χ1n) is 8.43. The molecule has 2 aliphatic heterocycles. The van der Waals surface area contributed by atoms with Gasteiger partial charge in [0.25, 0.3) is 0 Å². The molecule has 3 rings (SSSR count). The lowest BCUT2D eigenvalue weighted by atomic mass is 10.2. The van der Waals surface area contributed by atoms with Crippen LogP contribution >= 0.6 is 0 Å². The van der Waals surface area contributed by atoms with Gasteiger partial charge in [0.15, 0.2) is 0 Å². The van der Waals surface area contributed by atoms with Gasteiger partial charge < -0.3 is 10.2 Å². The van der Waals surface area contributed by atoms with Crippen LogP contribution in [0.2, 0.25) is 0 Å². The summed E-state index contributed by atoms with van der Waals surface area (Å²) < 4.78 is 0. The molecule has 0 saturated carbocycles. The molecule has 0 radical (unpaired) electrons. The van der Waals surface area contributed by atoms with Crippen molar-refractivity contribution in [3.63, 3.8) is 0 Å². The highest BCUT2D eigenvalue weighted by Gasteiger charge is 2.29. The predicted molar refractivity (Wildman–Crippen MR) is 87.8 cm³/mol. The van der Waals surface area contributed by atoms with Gasteiger partial charge in [-0.1, -0.05) is 6.92 Å². The van der Waals surface area contributed by atoms with E-state index >= 15 is 0 Å². The van der Waals surface area contributed by atoms with E-state index in [1.54, 1.807) is 0 Å². The Balaban J connectivity index is 1.72. The summed E-state index contributed by atoms with van der Waals surface area (Å²) in [6.07, 6.45) is 5.06. The van der Waals surface area contributed by atoms with Gasteiger partial charge in [-0.2, -0.15) is 0 Å². The molecule has 0 aromatic carbocycles. The Kier molecular flexibility index (Phi) is 4.76. The average Bonchev–Trinajstić information content (AvgIpc) is 3.18. The Hall–Kier alpha value is -1.13. The molecular weight excluding hydrogens is 260 g/mol. The topological polar surface area (TPSA) is 31.4 Å². The monoisotopic (exact) mass is 288 g/mol. The van der Waals surface area contributed by atoms with Crippen LogP contribution in [0.1, 0.15) is 37.4 Å². The van der Waals surface area contributed by atoms with Crippen molar-refractivity contribution >= 4 is 5.82 Å². The molecule has 2 saturated heterocycles. The maximum Gasteiger partial charge on any atom is 0.129 e. The lowest BCUT2D eigenvalue weighted by Crippen LogP contribution is -2.35. The van der Waals surface area contributed by atoms with Crippen LogP contribution in [0.4, 0.5) is 5.82 Å². The largest absolute Gasteiger partial charge is 0.355 e. The van der Waals surface area contributed by atoms with E-state index in [0.29, 0.717) is 0 Å². The van der Waals surface area contributed by atoms with Gasteiger partial charge in [0.05, 0.1) is 0 Å². The first kappa shape index (κ1) is 14.8. The number of pyridine rings is 1. The Morgan fingerprint density at radius 3 is 2.76 bits per heavy atom. The van der Waals surface area contributed by atoms with Crippen LogP contribution in [0.3, 0.4) is 0 Å². The molecule has 21 heavy (non-hydrogen) atoms. The van der Waals surface area contributed by atoms with Crippen molar-refractivity contribution in [2.24, 2.45) is 0 Å². The molecular formula is C17H28N4. The highest BCUT2D eigenvalue weighted by molar-refractivity contribution is 5.44. The van der Waals surface area contributed by atoms with E-state index in [1.165, 1.54) is 49.4 Å². The molecule has 1 aromatic rings. The van der Waals surface area contributed by atoms with Gasteiger partial charge in [0, 0.05) is 31.4 Å². The summed E-state index contributed by atoms with van der Waals surface area (Å²) in [5.41, 5.74) is 2.56. The molecule has 1 aromatic heterocycles. The maximum atomic E-state index is 4.86. The lowest BCUT2D eigenvalue weighted by molar-refractivity contribution is 0.260. The number of aryl methyl sites for hydroxylation is 1. The molecule has 4 nitrogen and oxygen atoms in total. The zero-order valence-electron chi connectivity index (χ0n) is 13.4. The van der Waals surface area contributed by atoms with Crippen LogP contribution in [0.15, 0.2) is 12.1 Å². The highest BCUT2D eigenvalue weighted by Crippen LogP contribution is 2.25. The number of anilines is 1. The van der Waals surface area contributed by atoms with E-state index in [2.05, 4.69) is 34.2 Å². The number of nitrogens with one attached hydrogen (secondary N) is 1. The van der Waals surface area contributed by atoms with Crippen LogP contribution in [0.5, 0.6) is 0 Å². The molecule has 4 heteroatoms. The van der Waals surface area contributed by atoms with Crippen molar-refractivity contribution in [1.29, 1.82) is 0 Å². The molecule has 2 fully saturated rings. The van der Waals surface area contributed by atoms with Gasteiger partial charge >= 0.3 is 0 Å². The van der Waals surface area contributed by atoms with Crippen molar-refractivity contribution in [3.8, 4) is 0 Å². The molecule has 0 aliphatic carbocycles. The standard InChI is InChI=1S/C17H28N4/c1-3-15-10-14(12-18-2)11-17(19-15)21-9-6-16(13-21)20-7-4-5-8-20/h10-11,16,18H,3-9,12-13H2,1-2H3. The van der Waals surface area contributed by atoms with Crippen LogP contribution in [0.25, 0.3) is 0 Å². The average molecular weight is 288 g/mol. The molecule has 0 bridgehead atoms. The molecule has 116 valence electrons. The molecule has 2 aliphatic rings. The Morgan fingerprint density at radius 1 is 1.24 bits per heavy atom. The second-order valence-corrected chi connectivity index (χ2v) is 6.34. The lowest BCUT2D eigenvalue weighted by Gasteiger charge is -2.24. The molecule has 3 heterocycles. The maximum absolute atomic E-state index is 4.86. The summed E-state index contributed by atoms with van der Waals surface area (Å²) in [6.45, 7) is 8.01. The number of aromatic nitrogens is 1. The quantitative estimate of drug-likeness (QED) is 0.898. The van der Waals surface area contributed by atoms with Crippen LogP contribution in [0, 0.1) is 0 Å². The Morgan fingerprint density at radius 2 is 2.05 bits per heavy atom. The summed E-state index contributed by atoms with van der Waals surface area (Å²) in [5, 5.41) is 3.25. The summed E-state index contributed by atoms with van der Waals surface area (Å²) in [7, 11) is 2.00. The van der Waals surface area contributed by atoms with E-state index in [0.717, 1.165) is 32.1 Å². The number of nitrogens with zero attached hydrogens (tertiary/aromatic N) is 3. The summed E-state index contributed by atoms with van der Waals surface area (Å²) in [4.78, 5) is 10.0. The first-order valence-corrected chi connectivity index (χ1v) is 8.43. The molecule has 1 unspecified atom stereocenters. The van der Waals surface area contributed by atoms with Crippen molar-refractivity contribution in [1.82, 2.24) is 15.2 Å². The van der Waals surface area contributed by atoms with Crippen LogP contribution in [-0.2, 0) is 13.0 Å². The van der Waals surface area contributed by atoms with Gasteiger partial charge in [-0.15, -0.1) is 0 Å². The minimum Gasteiger partial charge on any atom is -0.355 e. The van der Waals surface area contributed by atoms with E-state index in [9.17, 15) is 0 Å². The number of hydrogen-bond donors (Lipinski definition) is 1. The number of likely N-dealkylation sites (tertiary alicyclic amines) is 1. The number of rotatable bonds is 5. The second-order valence-electron chi connectivity index (χ2n) is 6.34. The normalized spacial score (nSPS) is 23.1. The Labute approximate surface area is 128 Å². The Bertz CT molecular complexity index is 468. The van der Waals surface area contributed by atoms with E-state index in [4.69, 9.17) is 4.98 Å². The smallest absolute Gasteiger partial charge is 0.129 e. The third kappa shape index (κ3) is 3.38. The summed E-state index contributed by atoms with van der Waals surface area (Å²) >= 11 is 0. The second kappa shape index (κ2) is 6.75. The summed E-state index contributed by atoms with van der Waals surface area (Å²) in [5.74, 6) is 1.18. The zero-order valence-corrected chi connectivity index (χ0v) is 13.4. The summed E-state index contributed by atoms with van der Waals surface area (Å²) in [6, 6.07) is 5.24. The minimum atomic E-state index is 0.743. The minimum absolute atomic E-state index is 0.743. The first-order chi connectivity index (χ1) is 10.3. The fraction of sp³-hybridized carbons (Fsp3) is 0.706. The molecule has 0 spiro atoms. The van der Waals surface area contributed by atoms with Crippen molar-refractivity contribution in [3.05, 3.63) is 23.4 Å². The highest BCUT2D eigenvalue weighted by atomic mass is 15.3. The van der Waals surface area contributed by atoms with E-state index < -0.39 is 0 Å². The third-order valence-corrected chi connectivity index (χ3v) is 4.81. The molecule has 1 atom stereocenters. The van der Waals surface area contributed by atoms with E-state index in [1.807, 2.05) is 7.05 Å². The van der Waals surface area contributed by atoms with Crippen molar-refractivity contribution in [2.75, 3.05) is 38.1 Å². The van der Waals surface area contributed by atoms with Crippen LogP contribution < -0.4 is 10.2 Å². The van der Waals surface area contributed by atoms with Gasteiger partial charge in [-0.25, -0.2) is 4.98 Å². The zero-order chi connectivity index (χ0) is 14.7. The third-order valence-electron chi connectivity index (χ3n) is 4.81. The fourth-order valence-electron chi connectivity index (χ4n) is 3.64. The van der Waals surface area contributed by atoms with Gasteiger partial charge in [0.1, 0.15) is 5.82 Å². The fourth-order valence-corrected chi connectivity index (χ4v) is 3.64. The van der Waals surface area contributed by atoms with E-state index in [-0.39, 0.29) is 0 Å². The van der Waals surface area contributed by atoms with Gasteiger partial charge in [-0.05, 0) is 63.5 Å². The van der Waals surface area contributed by atoms with Crippen LogP contribution in [-0.4, -0.2) is 49.2 Å². The van der Waals surface area contributed by atoms with Gasteiger partial charge in [-0.3, -0.25) is 4.90 Å². The van der Waals surface area contributed by atoms with Crippen molar-refractivity contribution in [2.45, 2.75) is 45.2 Å².